The van der Waals surface area contributed by atoms with Crippen LogP contribution in [0.1, 0.15) is 33.6 Å². The summed E-state index contributed by atoms with van der Waals surface area (Å²) >= 11 is 0. The van der Waals surface area contributed by atoms with Crippen molar-refractivity contribution in [1.29, 1.82) is 0 Å². The number of aliphatic hydroxyl groups excluding tert-OH is 1. The third kappa shape index (κ3) is 9.09. The van der Waals surface area contributed by atoms with E-state index in [1.807, 2.05) is 20.8 Å². The Balaban J connectivity index is 3.50. The van der Waals surface area contributed by atoms with Gasteiger partial charge in [0.2, 0.25) is 5.91 Å². The van der Waals surface area contributed by atoms with Crippen LogP contribution in [0.5, 0.6) is 0 Å². The molecule has 0 aliphatic rings. The molecule has 3 N–H and O–H groups in total. The molecule has 102 valence electrons. The van der Waals surface area contributed by atoms with E-state index < -0.39 is 0 Å². The van der Waals surface area contributed by atoms with Gasteiger partial charge in [-0.2, -0.15) is 0 Å². The number of aliphatic hydroxyl groups is 1. The fraction of sp³-hybridized carbons (Fsp3) is 0.917. The van der Waals surface area contributed by atoms with Crippen LogP contribution in [0.2, 0.25) is 0 Å². The number of ether oxygens (including phenoxy) is 1. The topological polar surface area (TPSA) is 70.6 Å². The SMILES string of the molecule is CCC(C)NC(=O)C(C)NCCCOCCO. The van der Waals surface area contributed by atoms with Crippen molar-refractivity contribution >= 4 is 5.91 Å². The molecule has 0 heterocycles. The Bertz CT molecular complexity index is 200. The number of amides is 1. The third-order valence-electron chi connectivity index (χ3n) is 2.55. The molecule has 5 nitrogen and oxygen atoms in total. The molecule has 0 aliphatic carbocycles. The van der Waals surface area contributed by atoms with Crippen molar-refractivity contribution < 1.29 is 14.6 Å². The van der Waals surface area contributed by atoms with Gasteiger partial charge in [0.25, 0.3) is 0 Å². The average Bonchev–Trinajstić information content (AvgIpc) is 2.32. The molecule has 0 saturated carbocycles. The number of hydrogen-bond donors (Lipinski definition) is 3. The van der Waals surface area contributed by atoms with E-state index in [1.165, 1.54) is 0 Å². The minimum atomic E-state index is -0.179. The monoisotopic (exact) mass is 246 g/mol. The Labute approximate surface area is 104 Å². The second-order valence-corrected chi connectivity index (χ2v) is 4.18. The van der Waals surface area contributed by atoms with Crippen molar-refractivity contribution in [3.63, 3.8) is 0 Å². The minimum Gasteiger partial charge on any atom is -0.394 e. The molecule has 17 heavy (non-hydrogen) atoms. The summed E-state index contributed by atoms with van der Waals surface area (Å²) in [6.07, 6.45) is 1.77. The molecule has 0 bridgehead atoms. The molecule has 0 rings (SSSR count). The third-order valence-corrected chi connectivity index (χ3v) is 2.55. The van der Waals surface area contributed by atoms with Crippen LogP contribution in [0.15, 0.2) is 0 Å². The smallest absolute Gasteiger partial charge is 0.237 e. The van der Waals surface area contributed by atoms with Gasteiger partial charge in [-0.15, -0.1) is 0 Å². The highest BCUT2D eigenvalue weighted by molar-refractivity contribution is 5.81. The molecule has 0 aromatic carbocycles. The molecule has 2 unspecified atom stereocenters. The largest absolute Gasteiger partial charge is 0.394 e. The molecule has 1 amide bonds. The second kappa shape index (κ2) is 10.5. The van der Waals surface area contributed by atoms with Gasteiger partial charge in [-0.1, -0.05) is 6.92 Å². The van der Waals surface area contributed by atoms with Crippen LogP contribution in [0, 0.1) is 0 Å². The predicted molar refractivity (Wildman–Crippen MR) is 67.9 cm³/mol. The molecular weight excluding hydrogens is 220 g/mol. The lowest BCUT2D eigenvalue weighted by atomic mass is 10.2. The van der Waals surface area contributed by atoms with Crippen molar-refractivity contribution in [1.82, 2.24) is 10.6 Å². The van der Waals surface area contributed by atoms with Gasteiger partial charge < -0.3 is 20.5 Å². The highest BCUT2D eigenvalue weighted by Crippen LogP contribution is 1.91. The molecule has 0 fully saturated rings. The number of hydrogen-bond acceptors (Lipinski definition) is 4. The fourth-order valence-corrected chi connectivity index (χ4v) is 1.22. The van der Waals surface area contributed by atoms with Gasteiger partial charge >= 0.3 is 0 Å². The molecule has 0 spiro atoms. The van der Waals surface area contributed by atoms with Crippen molar-refractivity contribution in [3.05, 3.63) is 0 Å². The summed E-state index contributed by atoms with van der Waals surface area (Å²) in [7, 11) is 0. The molecule has 0 aromatic rings. The molecule has 2 atom stereocenters. The number of nitrogens with one attached hydrogen (secondary N) is 2. The highest BCUT2D eigenvalue weighted by Gasteiger charge is 2.13. The van der Waals surface area contributed by atoms with E-state index >= 15 is 0 Å². The van der Waals surface area contributed by atoms with Gasteiger partial charge in [0.05, 0.1) is 19.3 Å². The van der Waals surface area contributed by atoms with E-state index in [-0.39, 0.29) is 24.6 Å². The van der Waals surface area contributed by atoms with E-state index in [4.69, 9.17) is 9.84 Å². The zero-order valence-electron chi connectivity index (χ0n) is 11.2. The standard InChI is InChI=1S/C12H26N2O3/c1-4-10(2)14-12(16)11(3)13-6-5-8-17-9-7-15/h10-11,13,15H,4-9H2,1-3H3,(H,14,16). The first-order chi connectivity index (χ1) is 8.11. The highest BCUT2D eigenvalue weighted by atomic mass is 16.5. The normalized spacial score (nSPS) is 14.4. The van der Waals surface area contributed by atoms with Crippen molar-refractivity contribution in [2.45, 2.75) is 45.7 Å². The molecule has 0 radical (unpaired) electrons. The first kappa shape index (κ1) is 16.4. The van der Waals surface area contributed by atoms with Crippen LogP contribution in [-0.2, 0) is 9.53 Å². The molecule has 5 heteroatoms. The van der Waals surface area contributed by atoms with E-state index in [0.29, 0.717) is 13.2 Å². The Morgan fingerprint density at radius 2 is 2.06 bits per heavy atom. The Morgan fingerprint density at radius 3 is 2.65 bits per heavy atom. The first-order valence-electron chi connectivity index (χ1n) is 6.34. The van der Waals surface area contributed by atoms with Gasteiger partial charge in [-0.3, -0.25) is 4.79 Å². The van der Waals surface area contributed by atoms with E-state index in [2.05, 4.69) is 10.6 Å². The summed E-state index contributed by atoms with van der Waals surface area (Å²) in [4.78, 5) is 11.6. The van der Waals surface area contributed by atoms with Gasteiger partial charge in [0.1, 0.15) is 0 Å². The maximum Gasteiger partial charge on any atom is 0.237 e. The van der Waals surface area contributed by atoms with Crippen LogP contribution in [0.3, 0.4) is 0 Å². The Kier molecular flexibility index (Phi) is 10.1. The zero-order chi connectivity index (χ0) is 13.1. The maximum atomic E-state index is 11.6. The van der Waals surface area contributed by atoms with Gasteiger partial charge in [0.15, 0.2) is 0 Å². The van der Waals surface area contributed by atoms with Gasteiger partial charge in [0, 0.05) is 12.6 Å². The van der Waals surface area contributed by atoms with Crippen LogP contribution in [0.4, 0.5) is 0 Å². The van der Waals surface area contributed by atoms with E-state index in [1.54, 1.807) is 0 Å². The summed E-state index contributed by atoms with van der Waals surface area (Å²) in [6, 6.07) is 0.0430. The zero-order valence-corrected chi connectivity index (χ0v) is 11.2. The van der Waals surface area contributed by atoms with Crippen LogP contribution >= 0.6 is 0 Å². The lowest BCUT2D eigenvalue weighted by molar-refractivity contribution is -0.123. The summed E-state index contributed by atoms with van der Waals surface area (Å²) in [5, 5.41) is 14.6. The summed E-state index contributed by atoms with van der Waals surface area (Å²) in [5.41, 5.74) is 0. The summed E-state index contributed by atoms with van der Waals surface area (Å²) in [5.74, 6) is 0.0376. The Hall–Kier alpha value is -0.650. The lowest BCUT2D eigenvalue weighted by Gasteiger charge is -2.17. The minimum absolute atomic E-state index is 0.0376. The van der Waals surface area contributed by atoms with Gasteiger partial charge in [-0.05, 0) is 33.2 Å². The number of carbonyl (C=O) groups excluding carboxylic acids is 1. The predicted octanol–water partition coefficient (Wildman–Crippen LogP) is 0.278. The van der Waals surface area contributed by atoms with Crippen LogP contribution < -0.4 is 10.6 Å². The fourth-order valence-electron chi connectivity index (χ4n) is 1.22. The lowest BCUT2D eigenvalue weighted by Crippen LogP contribution is -2.45. The quantitative estimate of drug-likeness (QED) is 0.484. The summed E-state index contributed by atoms with van der Waals surface area (Å²) in [6.45, 7) is 7.67. The molecule has 0 saturated heterocycles. The van der Waals surface area contributed by atoms with Crippen molar-refractivity contribution in [2.75, 3.05) is 26.4 Å². The van der Waals surface area contributed by atoms with Crippen LogP contribution in [0.25, 0.3) is 0 Å². The maximum absolute atomic E-state index is 11.6. The number of rotatable bonds is 10. The average molecular weight is 246 g/mol. The van der Waals surface area contributed by atoms with E-state index in [9.17, 15) is 4.79 Å². The molecular formula is C12H26N2O3. The number of carbonyl (C=O) groups is 1. The second-order valence-electron chi connectivity index (χ2n) is 4.18. The Morgan fingerprint density at radius 1 is 1.35 bits per heavy atom. The van der Waals surface area contributed by atoms with Gasteiger partial charge in [-0.25, -0.2) is 0 Å². The van der Waals surface area contributed by atoms with E-state index in [0.717, 1.165) is 19.4 Å². The van der Waals surface area contributed by atoms with Crippen LogP contribution in [-0.4, -0.2) is 49.5 Å². The van der Waals surface area contributed by atoms with Crippen molar-refractivity contribution in [3.8, 4) is 0 Å². The molecule has 0 aromatic heterocycles. The first-order valence-corrected chi connectivity index (χ1v) is 6.34. The van der Waals surface area contributed by atoms with Crippen molar-refractivity contribution in [2.24, 2.45) is 0 Å². The molecule has 0 aliphatic heterocycles. The summed E-state index contributed by atoms with van der Waals surface area (Å²) < 4.78 is 5.12.